The highest BCUT2D eigenvalue weighted by Crippen LogP contribution is 2.34. The molecule has 1 amide bonds. The molecule has 3 aromatic rings. The van der Waals surface area contributed by atoms with Gasteiger partial charge in [-0.1, -0.05) is 29.3 Å². The molecule has 0 spiro atoms. The number of methoxy groups -OCH3 is 2. The molecule has 2 N–H and O–H groups in total. The van der Waals surface area contributed by atoms with Crippen LogP contribution in [0.3, 0.4) is 0 Å². The van der Waals surface area contributed by atoms with Crippen molar-refractivity contribution in [3.8, 4) is 22.6 Å². The second-order valence-corrected chi connectivity index (χ2v) is 10.9. The van der Waals surface area contributed by atoms with Gasteiger partial charge in [-0.2, -0.15) is 0 Å². The van der Waals surface area contributed by atoms with E-state index in [2.05, 4.69) is 20.6 Å². The molecule has 1 fully saturated rings. The van der Waals surface area contributed by atoms with E-state index in [9.17, 15) is 4.79 Å². The summed E-state index contributed by atoms with van der Waals surface area (Å²) in [7, 11) is 3.21. The van der Waals surface area contributed by atoms with E-state index in [1.54, 1.807) is 26.6 Å². The van der Waals surface area contributed by atoms with E-state index >= 15 is 0 Å². The highest BCUT2D eigenvalue weighted by Gasteiger charge is 2.26. The van der Waals surface area contributed by atoms with Crippen molar-refractivity contribution in [2.24, 2.45) is 5.92 Å². The standard InChI is InChI=1S/C26H30Cl2N4O3S/c1-34-22-6-5-16(10-23(22)35-2)18-14-30-24(31-15-18)7-8-25(33)32-21(17-4-3-9-29-13-17)12-19-11-20(27)26(28)36-19/h5-6,10-11,14-15,17,21,29H,3-4,7-9,12-13H2,1-2H3,(H,32,33). The van der Waals surface area contributed by atoms with Gasteiger partial charge in [0.1, 0.15) is 10.2 Å². The Labute approximate surface area is 225 Å². The molecule has 2 unspecified atom stereocenters. The Morgan fingerprint density at radius 1 is 1.17 bits per heavy atom. The summed E-state index contributed by atoms with van der Waals surface area (Å²) < 4.78 is 11.3. The van der Waals surface area contributed by atoms with Crippen LogP contribution in [0.4, 0.5) is 0 Å². The molecule has 7 nitrogen and oxygen atoms in total. The van der Waals surface area contributed by atoms with Crippen LogP contribution in [0.1, 0.15) is 30.0 Å². The van der Waals surface area contributed by atoms with E-state index in [0.29, 0.717) is 51.9 Å². The van der Waals surface area contributed by atoms with Gasteiger partial charge in [0.25, 0.3) is 0 Å². The number of amides is 1. The van der Waals surface area contributed by atoms with Crippen molar-refractivity contribution < 1.29 is 14.3 Å². The second-order valence-electron chi connectivity index (χ2n) is 8.78. The van der Waals surface area contributed by atoms with Gasteiger partial charge < -0.3 is 20.1 Å². The third kappa shape index (κ3) is 6.88. The number of ether oxygens (including phenoxy) is 2. The third-order valence-corrected chi connectivity index (χ3v) is 8.25. The Balaban J connectivity index is 1.36. The van der Waals surface area contributed by atoms with Crippen LogP contribution in [-0.2, 0) is 17.6 Å². The number of hydrogen-bond acceptors (Lipinski definition) is 7. The van der Waals surface area contributed by atoms with Crippen molar-refractivity contribution in [3.63, 3.8) is 0 Å². The number of thiophene rings is 1. The van der Waals surface area contributed by atoms with Gasteiger partial charge >= 0.3 is 0 Å². The number of rotatable bonds is 10. The van der Waals surface area contributed by atoms with E-state index in [-0.39, 0.29) is 11.9 Å². The van der Waals surface area contributed by atoms with E-state index in [0.717, 1.165) is 41.9 Å². The predicted octanol–water partition coefficient (Wildman–Crippen LogP) is 5.19. The lowest BCUT2D eigenvalue weighted by Crippen LogP contribution is -2.47. The smallest absolute Gasteiger partial charge is 0.220 e. The molecule has 1 aliphatic rings. The average molecular weight is 550 g/mol. The van der Waals surface area contributed by atoms with E-state index in [1.165, 1.54) is 11.3 Å². The van der Waals surface area contributed by atoms with Crippen LogP contribution in [-0.4, -0.2) is 49.2 Å². The number of benzene rings is 1. The van der Waals surface area contributed by atoms with Crippen LogP contribution in [0.25, 0.3) is 11.1 Å². The summed E-state index contributed by atoms with van der Waals surface area (Å²) >= 11 is 13.8. The van der Waals surface area contributed by atoms with Crippen LogP contribution >= 0.6 is 34.5 Å². The fourth-order valence-corrected chi connectivity index (χ4v) is 5.91. The number of aromatic nitrogens is 2. The Kier molecular flexibility index (Phi) is 9.42. The molecule has 10 heteroatoms. The van der Waals surface area contributed by atoms with Crippen molar-refractivity contribution >= 4 is 40.4 Å². The first-order valence-corrected chi connectivity index (χ1v) is 13.5. The molecule has 192 valence electrons. The Morgan fingerprint density at radius 3 is 2.58 bits per heavy atom. The van der Waals surface area contributed by atoms with E-state index < -0.39 is 0 Å². The van der Waals surface area contributed by atoms with Crippen LogP contribution in [0.5, 0.6) is 11.5 Å². The lowest BCUT2D eigenvalue weighted by molar-refractivity contribution is -0.122. The maximum Gasteiger partial charge on any atom is 0.220 e. The number of carbonyl (C=O) groups is 1. The summed E-state index contributed by atoms with van der Waals surface area (Å²) in [6, 6.07) is 7.59. The van der Waals surface area contributed by atoms with Gasteiger partial charge in [-0.05, 0) is 55.6 Å². The minimum absolute atomic E-state index is 0.00751. The number of hydrogen-bond donors (Lipinski definition) is 2. The van der Waals surface area contributed by atoms with Crippen molar-refractivity contribution in [2.45, 2.75) is 38.1 Å². The molecule has 1 saturated heterocycles. The highest BCUT2D eigenvalue weighted by molar-refractivity contribution is 7.16. The molecular weight excluding hydrogens is 519 g/mol. The minimum atomic E-state index is -0.00751. The lowest BCUT2D eigenvalue weighted by Gasteiger charge is -2.31. The van der Waals surface area contributed by atoms with Crippen LogP contribution < -0.4 is 20.1 Å². The first kappa shape index (κ1) is 26.7. The number of nitrogens with zero attached hydrogens (tertiary/aromatic N) is 2. The molecule has 0 saturated carbocycles. The number of aryl methyl sites for hydroxylation is 1. The number of nitrogens with one attached hydrogen (secondary N) is 2. The van der Waals surface area contributed by atoms with E-state index in [4.69, 9.17) is 32.7 Å². The lowest BCUT2D eigenvalue weighted by atomic mass is 9.89. The van der Waals surface area contributed by atoms with Gasteiger partial charge in [-0.15, -0.1) is 11.3 Å². The molecule has 4 rings (SSSR count). The van der Waals surface area contributed by atoms with Crippen molar-refractivity contribution in [1.82, 2.24) is 20.6 Å². The Bertz CT molecular complexity index is 1150. The summed E-state index contributed by atoms with van der Waals surface area (Å²) in [6.45, 7) is 1.91. The molecule has 1 aliphatic heterocycles. The maximum atomic E-state index is 12.9. The number of carbonyl (C=O) groups excluding carboxylic acids is 1. The minimum Gasteiger partial charge on any atom is -0.493 e. The monoisotopic (exact) mass is 548 g/mol. The van der Waals surface area contributed by atoms with Crippen molar-refractivity contribution in [2.75, 3.05) is 27.3 Å². The Morgan fingerprint density at radius 2 is 1.94 bits per heavy atom. The van der Waals surface area contributed by atoms with Gasteiger partial charge in [-0.3, -0.25) is 4.79 Å². The molecule has 1 aromatic carbocycles. The first-order valence-electron chi connectivity index (χ1n) is 11.9. The molecule has 0 aliphatic carbocycles. The van der Waals surface area contributed by atoms with Gasteiger partial charge in [0.2, 0.25) is 5.91 Å². The zero-order valence-electron chi connectivity index (χ0n) is 20.4. The summed E-state index contributed by atoms with van der Waals surface area (Å²) in [5.41, 5.74) is 1.79. The van der Waals surface area contributed by atoms with Gasteiger partial charge in [0.15, 0.2) is 11.5 Å². The quantitative estimate of drug-likeness (QED) is 0.362. The topological polar surface area (TPSA) is 85.4 Å². The largest absolute Gasteiger partial charge is 0.493 e. The van der Waals surface area contributed by atoms with Crippen molar-refractivity contribution in [1.29, 1.82) is 0 Å². The number of halogens is 2. The summed E-state index contributed by atoms with van der Waals surface area (Å²) in [5.74, 6) is 2.29. The predicted molar refractivity (Wildman–Crippen MR) is 144 cm³/mol. The van der Waals surface area contributed by atoms with Crippen LogP contribution in [0.2, 0.25) is 9.36 Å². The number of piperidine rings is 1. The highest BCUT2D eigenvalue weighted by atomic mass is 35.5. The van der Waals surface area contributed by atoms with Crippen LogP contribution in [0.15, 0.2) is 36.7 Å². The summed E-state index contributed by atoms with van der Waals surface area (Å²) in [5, 5.41) is 7.27. The third-order valence-electron chi connectivity index (χ3n) is 6.37. The van der Waals surface area contributed by atoms with Crippen LogP contribution in [0, 0.1) is 5.92 Å². The molecule has 2 atom stereocenters. The Hall–Kier alpha value is -2.39. The molecule has 0 bridgehead atoms. The van der Waals surface area contributed by atoms with Gasteiger partial charge in [0.05, 0.1) is 19.2 Å². The average Bonchev–Trinajstić information content (AvgIpc) is 3.23. The van der Waals surface area contributed by atoms with Gasteiger partial charge in [-0.25, -0.2) is 9.97 Å². The van der Waals surface area contributed by atoms with Gasteiger partial charge in [0, 0.05) is 48.1 Å². The molecular formula is C26H30Cl2N4O3S. The summed E-state index contributed by atoms with van der Waals surface area (Å²) in [4.78, 5) is 22.9. The van der Waals surface area contributed by atoms with E-state index in [1.807, 2.05) is 24.3 Å². The molecule has 3 heterocycles. The zero-order chi connectivity index (χ0) is 25.5. The summed E-state index contributed by atoms with van der Waals surface area (Å²) in [6.07, 6.45) is 7.20. The maximum absolute atomic E-state index is 12.9. The fourth-order valence-electron chi connectivity index (χ4n) is 4.42. The van der Waals surface area contributed by atoms with Crippen molar-refractivity contribution in [3.05, 3.63) is 56.7 Å². The first-order chi connectivity index (χ1) is 17.5. The SMILES string of the molecule is COc1ccc(-c2cnc(CCC(=O)NC(Cc3cc(Cl)c(Cl)s3)C3CCCNC3)nc2)cc1OC. The molecule has 0 radical (unpaired) electrons. The fraction of sp³-hybridized carbons (Fsp3) is 0.423. The normalized spacial score (nSPS) is 16.4. The molecule has 36 heavy (non-hydrogen) atoms. The molecule has 2 aromatic heterocycles. The second kappa shape index (κ2) is 12.7. The zero-order valence-corrected chi connectivity index (χ0v) is 22.7.